The molecule has 0 aliphatic rings. The van der Waals surface area contributed by atoms with Gasteiger partial charge in [-0.15, -0.1) is 0 Å². The number of carbonyl (C=O) groups is 1. The van der Waals surface area contributed by atoms with Gasteiger partial charge in [-0.05, 0) is 6.42 Å². The number of hydrogen-bond acceptors (Lipinski definition) is 2. The number of aliphatic carboxylic acids is 1. The van der Waals surface area contributed by atoms with Crippen molar-refractivity contribution in [1.29, 1.82) is 0 Å². The van der Waals surface area contributed by atoms with Gasteiger partial charge in [0.25, 0.3) is 0 Å². The molecule has 4 heteroatoms. The minimum atomic E-state index is -0.928. The third kappa shape index (κ3) is 3.95. The van der Waals surface area contributed by atoms with Crippen molar-refractivity contribution in [1.82, 2.24) is 0 Å². The van der Waals surface area contributed by atoms with Gasteiger partial charge in [0.1, 0.15) is 6.04 Å². The molecule has 0 fully saturated rings. The molecule has 0 bridgehead atoms. The summed E-state index contributed by atoms with van der Waals surface area (Å²) in [6, 6.07) is -0.681. The van der Waals surface area contributed by atoms with Crippen LogP contribution in [0.5, 0.6) is 0 Å². The SMILES string of the molecule is CC[C@H](N)C(=O)O.S. The fraction of sp³-hybridized carbons (Fsp3) is 0.750. The van der Waals surface area contributed by atoms with E-state index in [-0.39, 0.29) is 13.5 Å². The van der Waals surface area contributed by atoms with Gasteiger partial charge in [-0.1, -0.05) is 6.92 Å². The Labute approximate surface area is 55.3 Å². The normalized spacial score (nSPS) is 11.8. The lowest BCUT2D eigenvalue weighted by atomic mass is 10.2. The van der Waals surface area contributed by atoms with Crippen LogP contribution in [0.15, 0.2) is 0 Å². The lowest BCUT2D eigenvalue weighted by molar-refractivity contribution is -0.138. The standard InChI is InChI=1S/C4H9NO2.H2S/c1-2-3(5)4(6)7;/h3H,2,5H2,1H3,(H,6,7);1H2/t3-;/m0./s1. The third-order valence-electron chi connectivity index (χ3n) is 0.757. The summed E-state index contributed by atoms with van der Waals surface area (Å²) in [5.74, 6) is -0.928. The first kappa shape index (κ1) is 10.7. The molecular formula is C4H11NO2S. The van der Waals surface area contributed by atoms with Gasteiger partial charge in [0.05, 0.1) is 0 Å². The van der Waals surface area contributed by atoms with Crippen LogP contribution in [0, 0.1) is 0 Å². The molecule has 0 saturated carbocycles. The first-order chi connectivity index (χ1) is 3.18. The molecule has 0 heterocycles. The Hall–Kier alpha value is -0.220. The number of carboxylic acids is 1. The first-order valence-corrected chi connectivity index (χ1v) is 2.17. The van der Waals surface area contributed by atoms with E-state index in [4.69, 9.17) is 10.8 Å². The molecule has 1 atom stereocenters. The van der Waals surface area contributed by atoms with Crippen molar-refractivity contribution >= 4 is 19.5 Å². The quantitative estimate of drug-likeness (QED) is 0.559. The fourth-order valence-corrected chi connectivity index (χ4v) is 0.175. The summed E-state index contributed by atoms with van der Waals surface area (Å²) in [5, 5.41) is 8.06. The van der Waals surface area contributed by atoms with Gasteiger partial charge in [-0.3, -0.25) is 4.79 Å². The van der Waals surface area contributed by atoms with Crippen LogP contribution in [-0.2, 0) is 4.79 Å². The Bertz CT molecular complexity index is 76.4. The molecule has 0 saturated heterocycles. The van der Waals surface area contributed by atoms with Crippen LogP contribution in [0.2, 0.25) is 0 Å². The number of rotatable bonds is 2. The molecule has 3 nitrogen and oxygen atoms in total. The Morgan fingerprint density at radius 1 is 1.88 bits per heavy atom. The molecule has 0 rings (SSSR count). The molecule has 0 aromatic rings. The zero-order valence-electron chi connectivity index (χ0n) is 4.72. The van der Waals surface area contributed by atoms with Crippen LogP contribution in [0.1, 0.15) is 13.3 Å². The fourth-order valence-electron chi connectivity index (χ4n) is 0.175. The average Bonchev–Trinajstić information content (AvgIpc) is 1.65. The highest BCUT2D eigenvalue weighted by molar-refractivity contribution is 7.59. The second-order valence-corrected chi connectivity index (χ2v) is 1.35. The van der Waals surface area contributed by atoms with Crippen LogP contribution in [0.4, 0.5) is 0 Å². The predicted octanol–water partition coefficient (Wildman–Crippen LogP) is -0.0789. The van der Waals surface area contributed by atoms with Crippen molar-refractivity contribution in [2.24, 2.45) is 5.73 Å². The van der Waals surface area contributed by atoms with E-state index in [0.717, 1.165) is 0 Å². The zero-order valence-corrected chi connectivity index (χ0v) is 5.72. The smallest absolute Gasteiger partial charge is 0.320 e. The molecule has 0 aromatic carbocycles. The molecular weight excluding hydrogens is 126 g/mol. The number of nitrogens with two attached hydrogens (primary N) is 1. The lowest BCUT2D eigenvalue weighted by Crippen LogP contribution is -2.28. The molecule has 0 aliphatic carbocycles. The van der Waals surface area contributed by atoms with Gasteiger partial charge < -0.3 is 10.8 Å². The van der Waals surface area contributed by atoms with Gasteiger partial charge >= 0.3 is 5.97 Å². The Morgan fingerprint density at radius 2 is 2.25 bits per heavy atom. The topological polar surface area (TPSA) is 63.3 Å². The second kappa shape index (κ2) is 4.93. The summed E-state index contributed by atoms with van der Waals surface area (Å²) in [6.45, 7) is 1.73. The summed E-state index contributed by atoms with van der Waals surface area (Å²) in [7, 11) is 0. The Kier molecular flexibility index (Phi) is 6.59. The van der Waals surface area contributed by atoms with Crippen molar-refractivity contribution < 1.29 is 9.90 Å². The molecule has 0 radical (unpaired) electrons. The Balaban J connectivity index is 0. The summed E-state index contributed by atoms with van der Waals surface area (Å²) >= 11 is 0. The van der Waals surface area contributed by atoms with E-state index in [2.05, 4.69) is 0 Å². The van der Waals surface area contributed by atoms with E-state index in [1.807, 2.05) is 0 Å². The zero-order chi connectivity index (χ0) is 5.86. The molecule has 0 aromatic heterocycles. The van der Waals surface area contributed by atoms with E-state index in [1.165, 1.54) is 0 Å². The summed E-state index contributed by atoms with van der Waals surface area (Å²) in [5.41, 5.74) is 5.02. The summed E-state index contributed by atoms with van der Waals surface area (Å²) in [6.07, 6.45) is 0.495. The molecule has 0 amide bonds. The second-order valence-electron chi connectivity index (χ2n) is 1.35. The summed E-state index contributed by atoms with van der Waals surface area (Å²) < 4.78 is 0. The number of hydrogen-bond donors (Lipinski definition) is 2. The minimum Gasteiger partial charge on any atom is -0.480 e. The highest BCUT2D eigenvalue weighted by atomic mass is 32.1. The number of carboxylic acid groups (broad SMARTS) is 1. The highest BCUT2D eigenvalue weighted by Crippen LogP contribution is 1.82. The maximum Gasteiger partial charge on any atom is 0.320 e. The van der Waals surface area contributed by atoms with Crippen molar-refractivity contribution in [3.05, 3.63) is 0 Å². The molecule has 3 N–H and O–H groups in total. The van der Waals surface area contributed by atoms with Gasteiger partial charge in [0, 0.05) is 0 Å². The third-order valence-corrected chi connectivity index (χ3v) is 0.757. The van der Waals surface area contributed by atoms with E-state index < -0.39 is 12.0 Å². The van der Waals surface area contributed by atoms with Crippen LogP contribution in [0.25, 0.3) is 0 Å². The van der Waals surface area contributed by atoms with Crippen molar-refractivity contribution in [2.75, 3.05) is 0 Å². The van der Waals surface area contributed by atoms with Crippen molar-refractivity contribution in [2.45, 2.75) is 19.4 Å². The molecule has 0 aliphatic heterocycles. The molecule has 0 unspecified atom stereocenters. The largest absolute Gasteiger partial charge is 0.480 e. The van der Waals surface area contributed by atoms with E-state index in [0.29, 0.717) is 6.42 Å². The van der Waals surface area contributed by atoms with Crippen LogP contribution >= 0.6 is 13.5 Å². The first-order valence-electron chi connectivity index (χ1n) is 2.17. The molecule has 50 valence electrons. The van der Waals surface area contributed by atoms with Crippen LogP contribution in [-0.4, -0.2) is 17.1 Å². The highest BCUT2D eigenvalue weighted by Gasteiger charge is 2.05. The predicted molar refractivity (Wildman–Crippen MR) is 36.3 cm³/mol. The van der Waals surface area contributed by atoms with Crippen LogP contribution in [0.3, 0.4) is 0 Å². The lowest BCUT2D eigenvalue weighted by Gasteiger charge is -1.97. The van der Waals surface area contributed by atoms with E-state index >= 15 is 0 Å². The van der Waals surface area contributed by atoms with Gasteiger partial charge in [-0.25, -0.2) is 0 Å². The monoisotopic (exact) mass is 137 g/mol. The minimum absolute atomic E-state index is 0. The van der Waals surface area contributed by atoms with Crippen LogP contribution < -0.4 is 5.73 Å². The van der Waals surface area contributed by atoms with Gasteiger partial charge in [-0.2, -0.15) is 13.5 Å². The Morgan fingerprint density at radius 3 is 2.25 bits per heavy atom. The van der Waals surface area contributed by atoms with E-state index in [1.54, 1.807) is 6.92 Å². The van der Waals surface area contributed by atoms with Gasteiger partial charge in [0.2, 0.25) is 0 Å². The van der Waals surface area contributed by atoms with Crippen molar-refractivity contribution in [3.63, 3.8) is 0 Å². The molecule has 8 heavy (non-hydrogen) atoms. The maximum absolute atomic E-state index is 9.81. The van der Waals surface area contributed by atoms with Crippen molar-refractivity contribution in [3.8, 4) is 0 Å². The maximum atomic E-state index is 9.81. The average molecular weight is 137 g/mol. The summed E-state index contributed by atoms with van der Waals surface area (Å²) in [4.78, 5) is 9.81. The van der Waals surface area contributed by atoms with Gasteiger partial charge in [0.15, 0.2) is 0 Å². The molecule has 0 spiro atoms. The van der Waals surface area contributed by atoms with E-state index in [9.17, 15) is 4.79 Å².